The van der Waals surface area contributed by atoms with E-state index in [1.807, 2.05) is 30.3 Å². The molecule has 4 aromatic rings. The van der Waals surface area contributed by atoms with Gasteiger partial charge in [0.05, 0.1) is 31.5 Å². The van der Waals surface area contributed by atoms with Gasteiger partial charge in [0, 0.05) is 28.4 Å². The molecule has 74 heavy (non-hydrogen) atoms. The van der Waals surface area contributed by atoms with Crippen molar-refractivity contribution < 1.29 is 176 Å². The SMILES string of the molecule is COC1[CH-]OC(OC2C(N)C(OC)OC(CO)C2O)C(O)C1O.COC1[CH-]OC(OC2C(O)C(CO)OC(OC)C2NC(=O)OCc2ccc3ccc4cccc5ccc2c3c45)C(O)C1O.O=C=O.O=C=O.[Na+].[Na+]. The number of ether oxygens (including phenoxy) is 11. The predicted octanol–water partition coefficient (Wildman–Crippen LogP) is -8.94. The van der Waals surface area contributed by atoms with Gasteiger partial charge in [-0.15, -0.1) is 0 Å². The molecule has 4 saturated heterocycles. The van der Waals surface area contributed by atoms with E-state index >= 15 is 0 Å². The van der Waals surface area contributed by atoms with Crippen LogP contribution < -0.4 is 70.2 Å². The molecule has 4 aliphatic rings. The van der Waals surface area contributed by atoms with Gasteiger partial charge in [0.25, 0.3) is 0 Å². The molecule has 8 rings (SSSR count). The fourth-order valence-corrected chi connectivity index (χ4v) is 8.57. The maximum absolute atomic E-state index is 13.1. The van der Waals surface area contributed by atoms with Crippen LogP contribution >= 0.6 is 0 Å². The first-order valence-corrected chi connectivity index (χ1v) is 22.0. The van der Waals surface area contributed by atoms with E-state index in [-0.39, 0.29) is 78.0 Å². The van der Waals surface area contributed by atoms with Crippen LogP contribution in [0.25, 0.3) is 32.3 Å². The summed E-state index contributed by atoms with van der Waals surface area (Å²) in [4.78, 5) is 45.6. The van der Waals surface area contributed by atoms with Crippen LogP contribution in [-0.4, -0.2) is 211 Å². The number of rotatable bonds is 13. The van der Waals surface area contributed by atoms with Crippen LogP contribution in [-0.2, 0) is 77.9 Å². The molecule has 28 heteroatoms. The number of nitrogens with two attached hydrogens (primary N) is 1. The summed E-state index contributed by atoms with van der Waals surface area (Å²) in [6, 6.07) is 16.2. The Kier molecular flexibility index (Phi) is 27.9. The Hall–Kier alpha value is -2.81. The maximum Gasteiger partial charge on any atom is 1.00 e. The number of carbonyl (C=O) groups excluding carboxylic acids is 5. The van der Waals surface area contributed by atoms with Crippen molar-refractivity contribution in [1.29, 1.82) is 0 Å². The van der Waals surface area contributed by atoms with Gasteiger partial charge < -0.3 is 104 Å². The quantitative estimate of drug-likeness (QED) is 0.0338. The van der Waals surface area contributed by atoms with Crippen LogP contribution in [0.15, 0.2) is 54.6 Å². The second-order valence-corrected chi connectivity index (χ2v) is 16.3. The molecule has 4 fully saturated rings. The van der Waals surface area contributed by atoms with Crippen molar-refractivity contribution >= 4 is 50.7 Å². The largest absolute Gasteiger partial charge is 1.00 e. The summed E-state index contributed by atoms with van der Waals surface area (Å²) in [7, 11) is 5.38. The minimum Gasteiger partial charge on any atom is -0.525 e. The van der Waals surface area contributed by atoms with Crippen molar-refractivity contribution in [2.75, 3.05) is 41.7 Å². The topological polar surface area (TPSA) is 387 Å². The fraction of sp³-hybridized carbons (Fsp3) is 0.543. The van der Waals surface area contributed by atoms with Crippen molar-refractivity contribution in [3.8, 4) is 0 Å². The molecule has 1 amide bonds. The molecule has 0 saturated carbocycles. The van der Waals surface area contributed by atoms with E-state index < -0.39 is 130 Å². The predicted molar refractivity (Wildman–Crippen MR) is 236 cm³/mol. The van der Waals surface area contributed by atoms with Gasteiger partial charge in [-0.2, -0.15) is 32.4 Å². The molecular formula is C46H58N2Na2O24. The van der Waals surface area contributed by atoms with Crippen molar-refractivity contribution in [2.24, 2.45) is 5.73 Å². The molecule has 18 atom stereocenters. The summed E-state index contributed by atoms with van der Waals surface area (Å²) < 4.78 is 59.0. The third-order valence-corrected chi connectivity index (χ3v) is 12.2. The standard InChI is InChI=1S/C31H34NO11.C13H24NO9.2CO2.2Na/c1-38-21-14-40-30(27(36)25(21)34)43-28-24(29(39-2)42-20(12-33)26(28)35)32-31(37)41-13-18-9-8-17-7-6-15-4-3-5-16-10-11-19(18)23(17)22(15)16;1-19-6-4-21-13(10(18)8(6)16)23-11-7(14)12(20-2)22-5(3-15)9(11)17;2*2-1-3;;/h3-11,14,20-21,24-30,33-36H,12-13H2,1-2H3,(H,32,37);4-13,15-18H,3,14H2,1-2H3;;;;/q2*-1;;;2*+1. The average molecular weight is 1070 g/mol. The van der Waals surface area contributed by atoms with Gasteiger partial charge in [0.1, 0.15) is 61.5 Å². The molecule has 4 aliphatic heterocycles. The van der Waals surface area contributed by atoms with Gasteiger partial charge in [-0.1, -0.05) is 54.6 Å². The zero-order valence-electron chi connectivity index (χ0n) is 41.1. The summed E-state index contributed by atoms with van der Waals surface area (Å²) in [5.41, 5.74) is 6.74. The normalized spacial score (nSPS) is 33.6. The van der Waals surface area contributed by atoms with Crippen LogP contribution in [0.2, 0.25) is 0 Å². The van der Waals surface area contributed by atoms with E-state index in [0.717, 1.165) is 37.9 Å². The second kappa shape index (κ2) is 31.6. The number of hydrogen-bond acceptors (Lipinski definition) is 25. The Bertz CT molecular complexity index is 2340. The minimum absolute atomic E-state index is 0. The number of aliphatic hydroxyl groups is 8. The summed E-state index contributed by atoms with van der Waals surface area (Å²) in [5.74, 6) is 0. The van der Waals surface area contributed by atoms with Gasteiger partial charge >= 0.3 is 77.5 Å². The van der Waals surface area contributed by atoms with Crippen molar-refractivity contribution in [1.82, 2.24) is 5.32 Å². The monoisotopic (exact) mass is 1070 g/mol. The van der Waals surface area contributed by atoms with Crippen molar-refractivity contribution in [2.45, 2.75) is 117 Å². The summed E-state index contributed by atoms with van der Waals surface area (Å²) in [6.45, 7) is 1.25. The smallest absolute Gasteiger partial charge is 0.525 e. The molecule has 0 radical (unpaired) electrons. The Morgan fingerprint density at radius 3 is 1.54 bits per heavy atom. The van der Waals surface area contributed by atoms with E-state index in [1.165, 1.54) is 41.7 Å². The van der Waals surface area contributed by atoms with Crippen molar-refractivity contribution in [3.63, 3.8) is 0 Å². The third-order valence-electron chi connectivity index (χ3n) is 12.2. The Labute approximate surface area is 467 Å². The zero-order valence-corrected chi connectivity index (χ0v) is 45.1. The zero-order chi connectivity index (χ0) is 52.8. The summed E-state index contributed by atoms with van der Waals surface area (Å²) in [5, 5.41) is 90.3. The molecule has 18 unspecified atom stereocenters. The van der Waals surface area contributed by atoms with Gasteiger partial charge in [-0.05, 0) is 50.1 Å². The molecule has 4 aromatic carbocycles. The number of alkyl carbamates (subject to hydrolysis) is 1. The summed E-state index contributed by atoms with van der Waals surface area (Å²) in [6.07, 6.45) is -19.7. The van der Waals surface area contributed by atoms with Crippen molar-refractivity contribution in [3.05, 3.63) is 73.4 Å². The summed E-state index contributed by atoms with van der Waals surface area (Å²) >= 11 is 0. The van der Waals surface area contributed by atoms with E-state index in [4.69, 9.17) is 77.0 Å². The minimum atomic E-state index is -1.55. The maximum atomic E-state index is 13.1. The van der Waals surface area contributed by atoms with E-state index in [2.05, 4.69) is 29.6 Å². The number of amides is 1. The fourth-order valence-electron chi connectivity index (χ4n) is 8.57. The Morgan fingerprint density at radius 1 is 0.608 bits per heavy atom. The van der Waals surface area contributed by atoms with E-state index in [1.54, 1.807) is 0 Å². The molecule has 0 aliphatic carbocycles. The number of nitrogens with one attached hydrogen (secondary N) is 1. The van der Waals surface area contributed by atoms with Crippen LogP contribution in [0.5, 0.6) is 0 Å². The van der Waals surface area contributed by atoms with Crippen LogP contribution in [0.4, 0.5) is 4.79 Å². The second-order valence-electron chi connectivity index (χ2n) is 16.3. The van der Waals surface area contributed by atoms with Crippen LogP contribution in [0.3, 0.4) is 0 Å². The third kappa shape index (κ3) is 15.3. The van der Waals surface area contributed by atoms with E-state index in [0.29, 0.717) is 0 Å². The number of benzene rings is 4. The Balaban J connectivity index is 0.000000394. The average Bonchev–Trinajstić information content (AvgIpc) is 3.38. The molecule has 0 bridgehead atoms. The van der Waals surface area contributed by atoms with Gasteiger partial charge in [-0.3, -0.25) is 0 Å². The van der Waals surface area contributed by atoms with Gasteiger partial charge in [0.2, 0.25) is 0 Å². The molecule has 26 nitrogen and oxygen atoms in total. The number of carbonyl (C=O) groups is 1. The number of methoxy groups -OCH3 is 4. The molecular weight excluding hydrogens is 1010 g/mol. The van der Waals surface area contributed by atoms with Gasteiger partial charge in [-0.25, -0.2) is 4.79 Å². The molecule has 0 aromatic heterocycles. The number of aliphatic hydroxyl groups excluding tert-OH is 8. The molecule has 0 spiro atoms. The first-order valence-electron chi connectivity index (χ1n) is 22.0. The molecule has 4 heterocycles. The van der Waals surface area contributed by atoms with Gasteiger partial charge in [0.15, 0.2) is 25.2 Å². The number of hydrogen-bond donors (Lipinski definition) is 10. The van der Waals surface area contributed by atoms with Crippen LogP contribution in [0.1, 0.15) is 5.56 Å². The van der Waals surface area contributed by atoms with E-state index in [9.17, 15) is 45.6 Å². The molecule has 11 N–H and O–H groups in total. The van der Waals surface area contributed by atoms with Crippen LogP contribution in [0, 0.1) is 13.2 Å². The molecule has 398 valence electrons. The first-order chi connectivity index (χ1) is 34.6. The first kappa shape index (κ1) is 65.5. The Morgan fingerprint density at radius 2 is 1.05 bits per heavy atom.